The number of carbonyl (C=O) groups excluding carboxylic acids is 4. The van der Waals surface area contributed by atoms with Crippen molar-refractivity contribution in [2.45, 2.75) is 87.1 Å². The number of unbranched alkanes of at least 4 members (excludes halogenated alkanes) is 1. The molecular formula is C37H45ClN10O6S. The molecule has 16 nitrogen and oxygen atoms in total. The summed E-state index contributed by atoms with van der Waals surface area (Å²) < 4.78 is 1.69. The number of nitrogens with zero attached hydrogens (tertiary/aromatic N) is 4. The highest BCUT2D eigenvalue weighted by molar-refractivity contribution is 8.00. The first-order valence-electron chi connectivity index (χ1n) is 18.6. The summed E-state index contributed by atoms with van der Waals surface area (Å²) in [7, 11) is 1.51. The molecule has 18 heteroatoms. The third-order valence-corrected chi connectivity index (χ3v) is 12.7. The molecule has 4 fully saturated rings. The van der Waals surface area contributed by atoms with Crippen LogP contribution in [0.5, 0.6) is 0 Å². The number of aliphatic hydroxyl groups excluding tert-OH is 2. The molecule has 0 spiro atoms. The fraction of sp³-hybridized carbons (Fsp3) is 0.541. The number of hydrogen-bond donors (Lipinski definition) is 8. The predicted octanol–water partition coefficient (Wildman–Crippen LogP) is 1.21. The highest BCUT2D eigenvalue weighted by Gasteiger charge is 2.75. The number of urea groups is 1. The van der Waals surface area contributed by atoms with Crippen LogP contribution in [0.3, 0.4) is 0 Å². The third kappa shape index (κ3) is 8.18. The van der Waals surface area contributed by atoms with E-state index in [0.717, 1.165) is 30.6 Å². The maximum atomic E-state index is 12.7. The molecule has 2 aliphatic heterocycles. The zero-order chi connectivity index (χ0) is 38.7. The van der Waals surface area contributed by atoms with E-state index in [2.05, 4.69) is 58.7 Å². The second kappa shape index (κ2) is 16.6. The molecule has 4 aliphatic rings. The largest absolute Gasteiger partial charge is 0.389 e. The molecule has 3 aromatic rings. The Morgan fingerprint density at radius 2 is 1.91 bits per heavy atom. The Morgan fingerprint density at radius 3 is 2.69 bits per heavy atom. The van der Waals surface area contributed by atoms with Crippen LogP contribution in [0.2, 0.25) is 5.02 Å². The summed E-state index contributed by atoms with van der Waals surface area (Å²) in [5, 5.41) is 40.5. The Balaban J connectivity index is 0.912. The van der Waals surface area contributed by atoms with Gasteiger partial charge in [-0.3, -0.25) is 14.4 Å². The van der Waals surface area contributed by atoms with Crippen LogP contribution in [-0.4, -0.2) is 109 Å². The number of fused-ring (bicyclic) bond motifs is 3. The van der Waals surface area contributed by atoms with Crippen LogP contribution < -0.4 is 31.9 Å². The van der Waals surface area contributed by atoms with Crippen molar-refractivity contribution in [1.82, 2.24) is 46.1 Å². The van der Waals surface area contributed by atoms with Crippen molar-refractivity contribution >= 4 is 64.1 Å². The highest BCUT2D eigenvalue weighted by atomic mass is 35.5. The molecule has 0 bridgehead atoms. The average Bonchev–Trinajstić information content (AvgIpc) is 3.37. The van der Waals surface area contributed by atoms with Gasteiger partial charge in [0.2, 0.25) is 23.5 Å². The van der Waals surface area contributed by atoms with Crippen molar-refractivity contribution in [3.63, 3.8) is 0 Å². The van der Waals surface area contributed by atoms with E-state index in [0.29, 0.717) is 59.7 Å². The minimum atomic E-state index is -1.24. The van der Waals surface area contributed by atoms with Gasteiger partial charge in [0.25, 0.3) is 0 Å². The zero-order valence-electron chi connectivity index (χ0n) is 30.3. The second-order valence-corrected chi connectivity index (χ2v) is 16.1. The highest BCUT2D eigenvalue weighted by Crippen LogP contribution is 2.67. The molecule has 55 heavy (non-hydrogen) atoms. The van der Waals surface area contributed by atoms with E-state index in [1.807, 2.05) is 30.0 Å². The van der Waals surface area contributed by atoms with Gasteiger partial charge < -0.3 is 46.7 Å². The van der Waals surface area contributed by atoms with Crippen molar-refractivity contribution in [1.29, 1.82) is 0 Å². The number of halogens is 1. The van der Waals surface area contributed by atoms with Gasteiger partial charge >= 0.3 is 6.03 Å². The number of hydrogen-bond acceptors (Lipinski definition) is 11. The average molecular weight is 793 g/mol. The molecule has 8 atom stereocenters. The summed E-state index contributed by atoms with van der Waals surface area (Å²) in [6, 6.07) is 7.00. The van der Waals surface area contributed by atoms with Crippen LogP contribution in [0.1, 0.15) is 62.4 Å². The predicted molar refractivity (Wildman–Crippen MR) is 206 cm³/mol. The van der Waals surface area contributed by atoms with E-state index in [9.17, 15) is 29.4 Å². The van der Waals surface area contributed by atoms with Crippen LogP contribution in [0.15, 0.2) is 30.6 Å². The van der Waals surface area contributed by atoms with Gasteiger partial charge in [0.05, 0.1) is 36.0 Å². The zero-order valence-corrected chi connectivity index (χ0v) is 31.9. The lowest BCUT2D eigenvalue weighted by Gasteiger charge is -2.23. The van der Waals surface area contributed by atoms with Crippen LogP contribution in [-0.2, 0) is 20.9 Å². The first kappa shape index (κ1) is 38.6. The summed E-state index contributed by atoms with van der Waals surface area (Å²) >= 11 is 8.05. The number of anilines is 1. The molecule has 1 aromatic carbocycles. The van der Waals surface area contributed by atoms with Gasteiger partial charge in [-0.05, 0) is 42.9 Å². The summed E-state index contributed by atoms with van der Waals surface area (Å²) in [6.45, 7) is 0.989. The lowest BCUT2D eigenvalue weighted by molar-refractivity contribution is -0.132. The van der Waals surface area contributed by atoms with E-state index in [1.54, 1.807) is 10.6 Å². The number of nitrogens with one attached hydrogen (secondary N) is 6. The summed E-state index contributed by atoms with van der Waals surface area (Å²) in [4.78, 5) is 62.9. The molecule has 2 saturated heterocycles. The Morgan fingerprint density at radius 1 is 1.11 bits per heavy atom. The molecule has 0 radical (unpaired) electrons. The molecule has 7 rings (SSSR count). The normalized spacial score (nSPS) is 27.3. The topological polar surface area (TPSA) is 225 Å². The number of aliphatic hydroxyl groups is 2. The van der Waals surface area contributed by atoms with Gasteiger partial charge in [-0.1, -0.05) is 36.1 Å². The van der Waals surface area contributed by atoms with Gasteiger partial charge in [0.15, 0.2) is 17.0 Å². The Labute approximate surface area is 327 Å². The van der Waals surface area contributed by atoms with Crippen molar-refractivity contribution in [2.75, 3.05) is 31.2 Å². The molecule has 8 N–H and O–H groups in total. The maximum Gasteiger partial charge on any atom is 0.315 e. The van der Waals surface area contributed by atoms with Crippen LogP contribution >= 0.6 is 23.4 Å². The standard InChI is InChI=1S/C37H45ClN10O6S/c1-39-35(53)37-16-22(37)30(31(51)32(37)52)48-19-43-29-33(42-17-20-7-6-8-21(38)15-20)45-25(46-34(29)48)10-3-5-12-27(50)41-14-13-40-26(49)11-4-2-9-24-28-23(18-55-24)44-36(54)47-28/h6-8,15,19,22-24,28,30-32,51-52H,2,4-5,9,11-14,16-18H2,1H3,(H,39,53)(H,40,49)(H,41,50)(H,42,45,46)(H2,44,47,54)/t22-,23+,24+,28+,30-,31+,32+,37+/m1/s1. The van der Waals surface area contributed by atoms with Crippen molar-refractivity contribution < 1.29 is 29.4 Å². The smallest absolute Gasteiger partial charge is 0.315 e. The van der Waals surface area contributed by atoms with Crippen LogP contribution in [0.4, 0.5) is 10.6 Å². The summed E-state index contributed by atoms with van der Waals surface area (Å²) in [5.41, 5.74) is 0.649. The van der Waals surface area contributed by atoms with Gasteiger partial charge in [-0.2, -0.15) is 11.8 Å². The molecule has 5 amide bonds. The second-order valence-electron chi connectivity index (χ2n) is 14.4. The minimum Gasteiger partial charge on any atom is -0.389 e. The van der Waals surface area contributed by atoms with Crippen molar-refractivity contribution in [2.24, 2.45) is 11.3 Å². The Hall–Kier alpha value is -4.63. The van der Waals surface area contributed by atoms with E-state index in [1.165, 1.54) is 13.4 Å². The number of benzene rings is 1. The van der Waals surface area contributed by atoms with Gasteiger partial charge in [0.1, 0.15) is 6.10 Å². The SMILES string of the molecule is CNC(=O)[C@@]12C[C@@H]1[C@@H](n1cnc3c(NCc4cccc(Cl)c4)nc(C#CCCC(=O)NCCNC(=O)CCCC[C@@H]4SC[C@@H]5NC(=O)N[C@@H]54)nc31)[C@H](O)[C@@H]2O. The molecule has 0 unspecified atom stereocenters. The number of imidazole rings is 1. The first-order valence-corrected chi connectivity index (χ1v) is 20.0. The summed E-state index contributed by atoms with van der Waals surface area (Å²) in [6.07, 6.45) is 2.88. The monoisotopic (exact) mass is 792 g/mol. The van der Waals surface area contributed by atoms with Gasteiger partial charge in [-0.25, -0.2) is 19.7 Å². The molecule has 2 aliphatic carbocycles. The fourth-order valence-corrected chi connectivity index (χ4v) is 9.86. The van der Waals surface area contributed by atoms with Crippen molar-refractivity contribution in [3.8, 4) is 11.8 Å². The number of amides is 5. The van der Waals surface area contributed by atoms with Gasteiger partial charge in [0, 0.05) is 67.9 Å². The molecule has 2 aromatic heterocycles. The van der Waals surface area contributed by atoms with E-state index < -0.39 is 23.7 Å². The van der Waals surface area contributed by atoms with Crippen LogP contribution in [0.25, 0.3) is 11.2 Å². The maximum absolute atomic E-state index is 12.7. The fourth-order valence-electron chi connectivity index (χ4n) is 8.11. The van der Waals surface area contributed by atoms with Crippen LogP contribution in [0, 0.1) is 23.2 Å². The lowest BCUT2D eigenvalue weighted by Crippen LogP contribution is -2.41. The van der Waals surface area contributed by atoms with E-state index in [4.69, 9.17) is 11.6 Å². The van der Waals surface area contributed by atoms with E-state index in [-0.39, 0.29) is 60.4 Å². The molecular weight excluding hydrogens is 748 g/mol. The van der Waals surface area contributed by atoms with E-state index >= 15 is 0 Å². The number of thioether (sulfide) groups is 1. The molecule has 4 heterocycles. The number of aromatic nitrogens is 4. The Bertz CT molecular complexity index is 2020. The Kier molecular flexibility index (Phi) is 11.7. The summed E-state index contributed by atoms with van der Waals surface area (Å²) in [5.74, 6) is 6.51. The quantitative estimate of drug-likeness (QED) is 0.0621. The van der Waals surface area contributed by atoms with Crippen molar-refractivity contribution in [3.05, 3.63) is 47.0 Å². The third-order valence-electron chi connectivity index (χ3n) is 10.9. The molecule has 292 valence electrons. The lowest BCUT2D eigenvalue weighted by atomic mass is 9.98. The first-order chi connectivity index (χ1) is 26.6. The minimum absolute atomic E-state index is 0.0610. The van der Waals surface area contributed by atoms with Gasteiger partial charge in [-0.15, -0.1) is 0 Å². The molecule has 2 saturated carbocycles. The number of rotatable bonds is 15. The number of carbonyl (C=O) groups is 4.